The monoisotopic (exact) mass is 450 g/mol. The Balaban J connectivity index is 1.33. The summed E-state index contributed by atoms with van der Waals surface area (Å²) in [7, 11) is 1.35. The second-order valence-corrected chi connectivity index (χ2v) is 8.75. The molecule has 2 amide bonds. The van der Waals surface area contributed by atoms with Gasteiger partial charge >= 0.3 is 5.97 Å². The average molecular weight is 451 g/mol. The molecule has 1 saturated carbocycles. The van der Waals surface area contributed by atoms with Crippen molar-refractivity contribution < 1.29 is 23.9 Å². The smallest absolute Gasteiger partial charge is 0.328 e. The van der Waals surface area contributed by atoms with Crippen molar-refractivity contribution in [2.75, 3.05) is 20.2 Å². The highest BCUT2D eigenvalue weighted by Crippen LogP contribution is 2.38. The normalized spacial score (nSPS) is 20.5. The Hall–Kier alpha value is -3.35. The zero-order chi connectivity index (χ0) is 23.2. The van der Waals surface area contributed by atoms with Crippen molar-refractivity contribution in [2.45, 2.75) is 38.1 Å². The van der Waals surface area contributed by atoms with Gasteiger partial charge in [-0.05, 0) is 54.7 Å². The molecule has 1 N–H and O–H groups in total. The minimum atomic E-state index is -0.570. The Morgan fingerprint density at radius 3 is 2.27 bits per heavy atom. The van der Waals surface area contributed by atoms with E-state index in [4.69, 9.17) is 9.47 Å². The zero-order valence-corrected chi connectivity index (χ0v) is 18.9. The van der Waals surface area contributed by atoms with E-state index >= 15 is 0 Å². The molecule has 0 unspecified atom stereocenters. The highest BCUT2D eigenvalue weighted by Gasteiger charge is 2.43. The summed E-state index contributed by atoms with van der Waals surface area (Å²) in [4.78, 5) is 39.4. The number of hydrogen-bond donors (Lipinski definition) is 1. The molecule has 1 saturated heterocycles. The van der Waals surface area contributed by atoms with E-state index in [0.717, 1.165) is 12.8 Å². The van der Waals surface area contributed by atoms with E-state index in [-0.39, 0.29) is 24.3 Å². The first-order valence-corrected chi connectivity index (χ1v) is 11.5. The zero-order valence-electron chi connectivity index (χ0n) is 18.9. The molecule has 0 radical (unpaired) electrons. The Labute approximate surface area is 194 Å². The van der Waals surface area contributed by atoms with Gasteiger partial charge in [0.2, 0.25) is 5.91 Å². The lowest BCUT2D eigenvalue weighted by Crippen LogP contribution is -2.46. The van der Waals surface area contributed by atoms with Gasteiger partial charge in [0.25, 0.3) is 5.91 Å². The van der Waals surface area contributed by atoms with Crippen LogP contribution in [0.1, 0.15) is 42.5 Å². The number of likely N-dealkylation sites (tertiary alicyclic amines) is 1. The van der Waals surface area contributed by atoms with Gasteiger partial charge in [-0.1, -0.05) is 43.9 Å². The van der Waals surface area contributed by atoms with Crippen LogP contribution in [0, 0.1) is 11.8 Å². The number of amides is 2. The first-order valence-electron chi connectivity index (χ1n) is 11.5. The third-order valence-corrected chi connectivity index (χ3v) is 6.69. The Bertz CT molecular complexity index is 970. The van der Waals surface area contributed by atoms with Crippen molar-refractivity contribution in [3.05, 3.63) is 60.2 Å². The molecule has 4 rings (SSSR count). The predicted molar refractivity (Wildman–Crippen MR) is 123 cm³/mol. The van der Waals surface area contributed by atoms with E-state index in [9.17, 15) is 14.4 Å². The van der Waals surface area contributed by atoms with Gasteiger partial charge in [0.05, 0.1) is 13.7 Å². The molecule has 0 bridgehead atoms. The average Bonchev–Trinajstić information content (AvgIpc) is 3.53. The molecule has 1 heterocycles. The van der Waals surface area contributed by atoms with Crippen LogP contribution in [0.25, 0.3) is 0 Å². The van der Waals surface area contributed by atoms with Gasteiger partial charge in [-0.3, -0.25) is 9.59 Å². The second-order valence-electron chi connectivity index (χ2n) is 8.75. The number of benzene rings is 2. The molecule has 2 aromatic rings. The van der Waals surface area contributed by atoms with E-state index in [1.807, 2.05) is 30.3 Å². The highest BCUT2D eigenvalue weighted by atomic mass is 16.5. The van der Waals surface area contributed by atoms with Crippen molar-refractivity contribution in [3.63, 3.8) is 0 Å². The largest absolute Gasteiger partial charge is 0.467 e. The van der Waals surface area contributed by atoms with Crippen LogP contribution in [-0.2, 0) is 14.3 Å². The van der Waals surface area contributed by atoms with Crippen LogP contribution >= 0.6 is 0 Å². The maximum absolute atomic E-state index is 12.9. The Morgan fingerprint density at radius 1 is 0.939 bits per heavy atom. The molecule has 1 aliphatic heterocycles. The van der Waals surface area contributed by atoms with Gasteiger partial charge in [0.1, 0.15) is 17.5 Å². The second kappa shape index (κ2) is 10.5. The van der Waals surface area contributed by atoms with Gasteiger partial charge < -0.3 is 19.7 Å². The summed E-state index contributed by atoms with van der Waals surface area (Å²) in [5, 5.41) is 2.68. The van der Waals surface area contributed by atoms with Crippen LogP contribution in [0.5, 0.6) is 11.5 Å². The molecule has 2 fully saturated rings. The number of para-hydroxylation sites is 1. The number of nitrogens with zero attached hydrogens (tertiary/aromatic N) is 1. The van der Waals surface area contributed by atoms with Gasteiger partial charge in [-0.2, -0.15) is 0 Å². The molecule has 2 aliphatic rings. The quantitative estimate of drug-likeness (QED) is 0.649. The lowest BCUT2D eigenvalue weighted by molar-refractivity contribution is -0.150. The summed E-state index contributed by atoms with van der Waals surface area (Å²) in [6, 6.07) is 15.5. The van der Waals surface area contributed by atoms with Gasteiger partial charge in [0, 0.05) is 12.1 Å². The standard InChI is InChI=1S/C26H30N2O5/c1-32-26(31)23-15-20(18-7-5-6-8-18)17-28(23)24(29)16-27-25(30)19-11-13-22(14-12-19)33-21-9-3-2-4-10-21/h2-4,9-14,18,20,23H,5-8,15-17H2,1H3,(H,27,30)/t20-,23+/m1/s1. The van der Waals surface area contributed by atoms with Gasteiger partial charge in [-0.25, -0.2) is 4.79 Å². The van der Waals surface area contributed by atoms with Crippen LogP contribution in [0.15, 0.2) is 54.6 Å². The van der Waals surface area contributed by atoms with Gasteiger partial charge in [-0.15, -0.1) is 0 Å². The molecule has 0 aromatic heterocycles. The number of ether oxygens (including phenoxy) is 2. The number of rotatable bonds is 7. The van der Waals surface area contributed by atoms with Crippen LogP contribution < -0.4 is 10.1 Å². The molecular formula is C26H30N2O5. The number of carbonyl (C=O) groups is 3. The summed E-state index contributed by atoms with van der Waals surface area (Å²) in [5.41, 5.74) is 0.429. The molecule has 7 nitrogen and oxygen atoms in total. The van der Waals surface area contributed by atoms with Crippen LogP contribution in [-0.4, -0.2) is 48.9 Å². The number of carbonyl (C=O) groups excluding carboxylic acids is 3. The first-order chi connectivity index (χ1) is 16.0. The fraction of sp³-hybridized carbons (Fsp3) is 0.423. The van der Waals surface area contributed by atoms with Crippen LogP contribution in [0.2, 0.25) is 0 Å². The topological polar surface area (TPSA) is 84.9 Å². The Morgan fingerprint density at radius 2 is 1.61 bits per heavy atom. The summed E-state index contributed by atoms with van der Waals surface area (Å²) in [6.07, 6.45) is 5.37. The molecule has 7 heteroatoms. The molecule has 174 valence electrons. The number of esters is 1. The minimum absolute atomic E-state index is 0.161. The molecule has 1 aliphatic carbocycles. The summed E-state index contributed by atoms with van der Waals surface area (Å²) in [6.45, 7) is 0.386. The maximum Gasteiger partial charge on any atom is 0.328 e. The third kappa shape index (κ3) is 5.53. The fourth-order valence-corrected chi connectivity index (χ4v) is 4.93. The number of nitrogens with one attached hydrogen (secondary N) is 1. The molecule has 33 heavy (non-hydrogen) atoms. The van der Waals surface area contributed by atoms with Gasteiger partial charge in [0.15, 0.2) is 0 Å². The minimum Gasteiger partial charge on any atom is -0.467 e. The van der Waals surface area contributed by atoms with Crippen LogP contribution in [0.3, 0.4) is 0 Å². The SMILES string of the molecule is COC(=O)[C@@H]1C[C@@H](C2CCCC2)CN1C(=O)CNC(=O)c1ccc(Oc2ccccc2)cc1. The molecular weight excluding hydrogens is 420 g/mol. The van der Waals surface area contributed by atoms with Crippen molar-refractivity contribution in [1.29, 1.82) is 0 Å². The molecule has 0 spiro atoms. The van der Waals surface area contributed by atoms with E-state index in [1.54, 1.807) is 29.2 Å². The van der Waals surface area contributed by atoms with Crippen molar-refractivity contribution in [2.24, 2.45) is 11.8 Å². The first kappa shape index (κ1) is 22.8. The highest BCUT2D eigenvalue weighted by molar-refractivity contribution is 5.97. The van der Waals surface area contributed by atoms with E-state index < -0.39 is 6.04 Å². The van der Waals surface area contributed by atoms with Crippen LogP contribution in [0.4, 0.5) is 0 Å². The number of hydrogen-bond acceptors (Lipinski definition) is 5. The van der Waals surface area contributed by atoms with E-state index in [0.29, 0.717) is 41.9 Å². The summed E-state index contributed by atoms with van der Waals surface area (Å²) >= 11 is 0. The van der Waals surface area contributed by atoms with E-state index in [1.165, 1.54) is 20.0 Å². The van der Waals surface area contributed by atoms with Crippen molar-refractivity contribution in [1.82, 2.24) is 10.2 Å². The maximum atomic E-state index is 12.9. The van der Waals surface area contributed by atoms with Crippen molar-refractivity contribution in [3.8, 4) is 11.5 Å². The van der Waals surface area contributed by atoms with E-state index in [2.05, 4.69) is 5.32 Å². The summed E-state index contributed by atoms with van der Waals surface area (Å²) in [5.74, 6) is 1.20. The molecule has 2 atom stereocenters. The molecule has 2 aromatic carbocycles. The Kier molecular flexibility index (Phi) is 7.27. The number of methoxy groups -OCH3 is 1. The predicted octanol–water partition coefficient (Wildman–Crippen LogP) is 3.79. The fourth-order valence-electron chi connectivity index (χ4n) is 4.93. The lowest BCUT2D eigenvalue weighted by Gasteiger charge is -2.23. The van der Waals surface area contributed by atoms with Crippen molar-refractivity contribution >= 4 is 17.8 Å². The lowest BCUT2D eigenvalue weighted by atomic mass is 9.89. The summed E-state index contributed by atoms with van der Waals surface area (Å²) < 4.78 is 10.7. The third-order valence-electron chi connectivity index (χ3n) is 6.69.